The van der Waals surface area contributed by atoms with Gasteiger partial charge in [-0.2, -0.15) is 0 Å². The molecule has 0 aliphatic heterocycles. The molecule has 0 aliphatic carbocycles. The van der Waals surface area contributed by atoms with Crippen LogP contribution in [0.25, 0.3) is 0 Å². The molecule has 1 amide bonds. The fourth-order valence-corrected chi connectivity index (χ4v) is 2.69. The smallest absolute Gasteiger partial charge is 0.252 e. The van der Waals surface area contributed by atoms with Crippen LogP contribution in [0.1, 0.15) is 28.9 Å². The zero-order chi connectivity index (χ0) is 14.7. The molecule has 3 nitrogen and oxygen atoms in total. The fraction of sp³-hybridized carbons (Fsp3) is 0.133. The Morgan fingerprint density at radius 2 is 1.95 bits per heavy atom. The Hall–Kier alpha value is -1.33. The van der Waals surface area contributed by atoms with Crippen molar-refractivity contribution in [3.63, 3.8) is 0 Å². The second kappa shape index (κ2) is 6.41. The number of benzene rings is 2. The first-order valence-corrected chi connectivity index (χ1v) is 7.67. The van der Waals surface area contributed by atoms with Gasteiger partial charge in [0.15, 0.2) is 0 Å². The van der Waals surface area contributed by atoms with Gasteiger partial charge >= 0.3 is 0 Å². The predicted octanol–water partition coefficient (Wildman–Crippen LogP) is 4.28. The van der Waals surface area contributed by atoms with Crippen molar-refractivity contribution < 1.29 is 4.79 Å². The molecule has 2 rings (SSSR count). The van der Waals surface area contributed by atoms with Gasteiger partial charge in [-0.25, -0.2) is 0 Å². The summed E-state index contributed by atoms with van der Waals surface area (Å²) in [4.78, 5) is 12.3. The number of amides is 1. The van der Waals surface area contributed by atoms with Crippen LogP contribution in [0.3, 0.4) is 0 Å². The highest BCUT2D eigenvalue weighted by Crippen LogP contribution is 2.22. The lowest BCUT2D eigenvalue weighted by atomic mass is 10.1. The van der Waals surface area contributed by atoms with E-state index in [1.165, 1.54) is 0 Å². The van der Waals surface area contributed by atoms with Gasteiger partial charge in [-0.1, -0.05) is 28.1 Å². The largest absolute Gasteiger partial charge is 0.399 e. The summed E-state index contributed by atoms with van der Waals surface area (Å²) in [5, 5.41) is 2.96. The minimum absolute atomic E-state index is 0.0895. The Labute approximate surface area is 134 Å². The average molecular weight is 398 g/mol. The molecule has 3 N–H and O–H groups in total. The Balaban J connectivity index is 2.17. The van der Waals surface area contributed by atoms with Gasteiger partial charge in [0.05, 0.1) is 11.6 Å². The van der Waals surface area contributed by atoms with Crippen molar-refractivity contribution in [2.24, 2.45) is 0 Å². The molecule has 2 aromatic carbocycles. The molecule has 104 valence electrons. The molecule has 1 unspecified atom stereocenters. The van der Waals surface area contributed by atoms with Crippen LogP contribution in [0.5, 0.6) is 0 Å². The summed E-state index contributed by atoms with van der Waals surface area (Å²) in [5.41, 5.74) is 7.85. The van der Waals surface area contributed by atoms with Crippen LogP contribution in [-0.4, -0.2) is 5.91 Å². The number of anilines is 1. The Kier molecular flexibility index (Phi) is 4.83. The van der Waals surface area contributed by atoms with Crippen molar-refractivity contribution in [2.45, 2.75) is 13.0 Å². The molecule has 0 aromatic heterocycles. The van der Waals surface area contributed by atoms with E-state index in [1.807, 2.05) is 31.2 Å². The highest BCUT2D eigenvalue weighted by Gasteiger charge is 2.14. The van der Waals surface area contributed by atoms with E-state index in [9.17, 15) is 4.79 Å². The third kappa shape index (κ3) is 3.61. The van der Waals surface area contributed by atoms with Gasteiger partial charge in [0.1, 0.15) is 0 Å². The summed E-state index contributed by atoms with van der Waals surface area (Å²) in [6.07, 6.45) is 0. The summed E-state index contributed by atoms with van der Waals surface area (Å²) < 4.78 is 1.71. The summed E-state index contributed by atoms with van der Waals surface area (Å²) >= 11 is 6.79. The third-order valence-electron chi connectivity index (χ3n) is 2.93. The van der Waals surface area contributed by atoms with Crippen LogP contribution in [0, 0.1) is 0 Å². The van der Waals surface area contributed by atoms with Crippen molar-refractivity contribution in [3.05, 3.63) is 62.5 Å². The SMILES string of the molecule is CC(NC(=O)c1cc(N)ccc1Br)c1cccc(Br)c1. The lowest BCUT2D eigenvalue weighted by Crippen LogP contribution is -2.27. The van der Waals surface area contributed by atoms with E-state index >= 15 is 0 Å². The topological polar surface area (TPSA) is 55.1 Å². The second-order valence-corrected chi connectivity index (χ2v) is 6.26. The molecule has 0 saturated heterocycles. The fourth-order valence-electron chi connectivity index (χ4n) is 1.85. The Morgan fingerprint density at radius 1 is 1.20 bits per heavy atom. The number of carbonyl (C=O) groups is 1. The molecular formula is C15H14Br2N2O. The molecule has 0 heterocycles. The van der Waals surface area contributed by atoms with Gasteiger partial charge in [0, 0.05) is 14.6 Å². The lowest BCUT2D eigenvalue weighted by molar-refractivity contribution is 0.0939. The minimum atomic E-state index is -0.156. The van der Waals surface area contributed by atoms with Gasteiger partial charge in [-0.3, -0.25) is 4.79 Å². The van der Waals surface area contributed by atoms with E-state index in [0.29, 0.717) is 11.3 Å². The maximum atomic E-state index is 12.3. The van der Waals surface area contributed by atoms with E-state index < -0.39 is 0 Å². The van der Waals surface area contributed by atoms with Crippen LogP contribution >= 0.6 is 31.9 Å². The van der Waals surface area contributed by atoms with Crippen molar-refractivity contribution >= 4 is 43.5 Å². The first-order chi connectivity index (χ1) is 9.47. The monoisotopic (exact) mass is 396 g/mol. The Bertz CT molecular complexity index is 644. The minimum Gasteiger partial charge on any atom is -0.399 e. The molecule has 0 fully saturated rings. The summed E-state index contributed by atoms with van der Waals surface area (Å²) in [5.74, 6) is -0.156. The molecule has 0 bridgehead atoms. The van der Waals surface area contributed by atoms with E-state index in [1.54, 1.807) is 18.2 Å². The van der Waals surface area contributed by atoms with Crippen LogP contribution in [0.2, 0.25) is 0 Å². The zero-order valence-electron chi connectivity index (χ0n) is 10.9. The first-order valence-electron chi connectivity index (χ1n) is 6.08. The van der Waals surface area contributed by atoms with Crippen molar-refractivity contribution in [2.75, 3.05) is 5.73 Å². The van der Waals surface area contributed by atoms with Crippen molar-refractivity contribution in [1.82, 2.24) is 5.32 Å². The highest BCUT2D eigenvalue weighted by molar-refractivity contribution is 9.10. The normalized spacial score (nSPS) is 11.9. The third-order valence-corrected chi connectivity index (χ3v) is 4.12. The Morgan fingerprint density at radius 3 is 2.65 bits per heavy atom. The van der Waals surface area contributed by atoms with E-state index in [0.717, 1.165) is 14.5 Å². The standard InChI is InChI=1S/C15H14Br2N2O/c1-9(10-3-2-4-11(16)7-10)19-15(20)13-8-12(18)5-6-14(13)17/h2-9H,18H2,1H3,(H,19,20). The van der Waals surface area contributed by atoms with Gasteiger partial charge in [0.25, 0.3) is 5.91 Å². The second-order valence-electron chi connectivity index (χ2n) is 4.49. The number of hydrogen-bond acceptors (Lipinski definition) is 2. The van der Waals surface area contributed by atoms with E-state index in [-0.39, 0.29) is 11.9 Å². The van der Waals surface area contributed by atoms with Crippen LogP contribution < -0.4 is 11.1 Å². The number of rotatable bonds is 3. The molecule has 0 radical (unpaired) electrons. The molecule has 0 aliphatic rings. The number of nitrogens with two attached hydrogens (primary N) is 1. The first kappa shape index (κ1) is 15.1. The van der Waals surface area contributed by atoms with Crippen molar-refractivity contribution in [3.8, 4) is 0 Å². The van der Waals surface area contributed by atoms with Crippen molar-refractivity contribution in [1.29, 1.82) is 0 Å². The molecule has 0 saturated carbocycles. The number of carbonyl (C=O) groups excluding carboxylic acids is 1. The van der Waals surface area contributed by atoms with Crippen LogP contribution in [-0.2, 0) is 0 Å². The maximum Gasteiger partial charge on any atom is 0.252 e. The van der Waals surface area contributed by atoms with Gasteiger partial charge in [0.2, 0.25) is 0 Å². The summed E-state index contributed by atoms with van der Waals surface area (Å²) in [7, 11) is 0. The highest BCUT2D eigenvalue weighted by atomic mass is 79.9. The summed E-state index contributed by atoms with van der Waals surface area (Å²) in [6.45, 7) is 1.94. The van der Waals surface area contributed by atoms with E-state index in [2.05, 4.69) is 37.2 Å². The lowest BCUT2D eigenvalue weighted by Gasteiger charge is -2.15. The number of nitrogen functional groups attached to an aromatic ring is 1. The number of hydrogen-bond donors (Lipinski definition) is 2. The molecule has 20 heavy (non-hydrogen) atoms. The average Bonchev–Trinajstić information content (AvgIpc) is 2.41. The van der Waals surface area contributed by atoms with Gasteiger partial charge < -0.3 is 11.1 Å². The maximum absolute atomic E-state index is 12.3. The predicted molar refractivity (Wildman–Crippen MR) is 88.6 cm³/mol. The molecule has 2 aromatic rings. The van der Waals surface area contributed by atoms with Crippen LogP contribution in [0.4, 0.5) is 5.69 Å². The van der Waals surface area contributed by atoms with Gasteiger partial charge in [-0.05, 0) is 58.7 Å². The quantitative estimate of drug-likeness (QED) is 0.759. The van der Waals surface area contributed by atoms with Crippen LogP contribution in [0.15, 0.2) is 51.4 Å². The molecular weight excluding hydrogens is 384 g/mol. The van der Waals surface area contributed by atoms with Gasteiger partial charge in [-0.15, -0.1) is 0 Å². The number of halogens is 2. The zero-order valence-corrected chi connectivity index (χ0v) is 14.0. The molecule has 5 heteroatoms. The summed E-state index contributed by atoms with van der Waals surface area (Å²) in [6, 6.07) is 12.9. The number of nitrogens with one attached hydrogen (secondary N) is 1. The molecule has 0 spiro atoms. The molecule has 1 atom stereocenters. The van der Waals surface area contributed by atoms with E-state index in [4.69, 9.17) is 5.73 Å².